The van der Waals surface area contributed by atoms with Gasteiger partial charge in [-0.05, 0) is 13.3 Å². The van der Waals surface area contributed by atoms with E-state index >= 15 is 0 Å². The van der Waals surface area contributed by atoms with Gasteiger partial charge in [-0.2, -0.15) is 0 Å². The van der Waals surface area contributed by atoms with Gasteiger partial charge in [0.2, 0.25) is 5.91 Å². The highest BCUT2D eigenvalue weighted by molar-refractivity contribution is 7.99. The number of esters is 1. The topological polar surface area (TPSA) is 75.7 Å². The number of rotatable bonds is 5. The molecule has 1 aliphatic rings. The van der Waals surface area contributed by atoms with Crippen molar-refractivity contribution in [3.05, 3.63) is 11.6 Å². The van der Waals surface area contributed by atoms with Gasteiger partial charge in [-0.15, -0.1) is 11.8 Å². The fourth-order valence-electron chi connectivity index (χ4n) is 1.83. The van der Waals surface area contributed by atoms with Crippen LogP contribution in [0.5, 0.6) is 0 Å². The molecule has 6 nitrogen and oxygen atoms in total. The summed E-state index contributed by atoms with van der Waals surface area (Å²) in [7, 11) is 1.26. The van der Waals surface area contributed by atoms with Crippen molar-refractivity contribution in [1.29, 1.82) is 0 Å². The van der Waals surface area contributed by atoms with E-state index < -0.39 is 12.0 Å². The first-order valence-corrected chi connectivity index (χ1v) is 7.56. The van der Waals surface area contributed by atoms with Crippen molar-refractivity contribution >= 4 is 29.5 Å². The maximum atomic E-state index is 12.2. The lowest BCUT2D eigenvalue weighted by atomic mass is 10.2. The summed E-state index contributed by atoms with van der Waals surface area (Å²) in [6.45, 7) is 3.52. The van der Waals surface area contributed by atoms with Gasteiger partial charge in [0.15, 0.2) is 0 Å². The molecule has 112 valence electrons. The quantitative estimate of drug-likeness (QED) is 0.592. The summed E-state index contributed by atoms with van der Waals surface area (Å²) >= 11 is 1.52. The van der Waals surface area contributed by atoms with E-state index in [1.54, 1.807) is 11.8 Å². The number of amides is 2. The molecule has 1 heterocycles. The highest BCUT2D eigenvalue weighted by Gasteiger charge is 2.35. The summed E-state index contributed by atoms with van der Waals surface area (Å²) in [6, 6.07) is -0.530. The maximum absolute atomic E-state index is 12.2. The molecule has 0 spiro atoms. The van der Waals surface area contributed by atoms with Gasteiger partial charge in [0.05, 0.1) is 13.0 Å². The van der Waals surface area contributed by atoms with Gasteiger partial charge in [-0.1, -0.05) is 13.0 Å². The number of thioether (sulfide) groups is 1. The molecular formula is C13H20N2O4S. The molecule has 0 aromatic heterocycles. The second-order valence-electron chi connectivity index (χ2n) is 4.38. The van der Waals surface area contributed by atoms with Crippen molar-refractivity contribution in [3.8, 4) is 0 Å². The largest absolute Gasteiger partial charge is 0.468 e. The smallest absolute Gasteiger partial charge is 0.325 e. The molecule has 1 fully saturated rings. The lowest BCUT2D eigenvalue weighted by Crippen LogP contribution is -2.48. The Labute approximate surface area is 122 Å². The second kappa shape index (κ2) is 7.94. The van der Waals surface area contributed by atoms with E-state index in [1.807, 2.05) is 13.0 Å². The number of nitrogens with zero attached hydrogens (tertiary/aromatic N) is 1. The molecular weight excluding hydrogens is 280 g/mol. The van der Waals surface area contributed by atoms with Crippen molar-refractivity contribution in [2.24, 2.45) is 0 Å². The molecule has 2 amide bonds. The second-order valence-corrected chi connectivity index (χ2v) is 5.38. The number of allylic oxidation sites excluding steroid dienone is 1. The monoisotopic (exact) mass is 300 g/mol. The Morgan fingerprint density at radius 2 is 2.15 bits per heavy atom. The summed E-state index contributed by atoms with van der Waals surface area (Å²) in [4.78, 5) is 36.8. The van der Waals surface area contributed by atoms with Crippen LogP contribution in [0.1, 0.15) is 20.3 Å². The van der Waals surface area contributed by atoms with E-state index in [-0.39, 0.29) is 18.4 Å². The van der Waals surface area contributed by atoms with Crippen molar-refractivity contribution in [2.45, 2.75) is 26.3 Å². The summed E-state index contributed by atoms with van der Waals surface area (Å²) in [6.07, 6.45) is 2.62. The summed E-state index contributed by atoms with van der Waals surface area (Å²) in [5, 5.41) is 2.49. The first-order valence-electron chi connectivity index (χ1n) is 6.41. The summed E-state index contributed by atoms with van der Waals surface area (Å²) in [5.74, 6) is 0.0689. The van der Waals surface area contributed by atoms with Crippen LogP contribution in [0.3, 0.4) is 0 Å². The van der Waals surface area contributed by atoms with E-state index in [4.69, 9.17) is 0 Å². The van der Waals surface area contributed by atoms with Crippen LogP contribution in [0.4, 0.5) is 0 Å². The Morgan fingerprint density at radius 1 is 1.45 bits per heavy atom. The summed E-state index contributed by atoms with van der Waals surface area (Å²) in [5.41, 5.74) is 0.640. The molecule has 1 saturated heterocycles. The molecule has 1 N–H and O–H groups in total. The highest BCUT2D eigenvalue weighted by Crippen LogP contribution is 2.23. The lowest BCUT2D eigenvalue weighted by molar-refractivity contribution is -0.142. The Bertz CT molecular complexity index is 423. The van der Waals surface area contributed by atoms with E-state index in [0.717, 1.165) is 6.42 Å². The van der Waals surface area contributed by atoms with E-state index in [0.29, 0.717) is 17.2 Å². The average molecular weight is 300 g/mol. The molecule has 0 aromatic rings. The number of hydrogen-bond donors (Lipinski definition) is 1. The van der Waals surface area contributed by atoms with Gasteiger partial charge < -0.3 is 15.0 Å². The van der Waals surface area contributed by atoms with Crippen molar-refractivity contribution in [1.82, 2.24) is 10.2 Å². The molecule has 1 rings (SSSR count). The number of nitrogens with one attached hydrogen (secondary N) is 1. The van der Waals surface area contributed by atoms with Gasteiger partial charge in [0.1, 0.15) is 12.6 Å². The van der Waals surface area contributed by atoms with E-state index in [9.17, 15) is 14.4 Å². The maximum Gasteiger partial charge on any atom is 0.325 e. The molecule has 0 aliphatic carbocycles. The number of ether oxygens (including phenoxy) is 1. The molecule has 0 unspecified atom stereocenters. The highest BCUT2D eigenvalue weighted by atomic mass is 32.2. The molecule has 20 heavy (non-hydrogen) atoms. The Morgan fingerprint density at radius 3 is 2.75 bits per heavy atom. The standard InChI is InChI=1S/C13H20N2O4S/c1-4-5-9(2)13(18)15-8-20-7-10(15)12(17)14-6-11(16)19-3/h5,10H,4,6-8H2,1-3H3,(H,14,17)/b9-5-/t10-/m1/s1. The molecule has 7 heteroatoms. The van der Waals surface area contributed by atoms with Crippen LogP contribution in [0.25, 0.3) is 0 Å². The third-order valence-electron chi connectivity index (χ3n) is 2.93. The SMILES string of the molecule is CC/C=C(/C)C(=O)N1CSC[C@@H]1C(=O)NCC(=O)OC. The van der Waals surface area contributed by atoms with Crippen LogP contribution in [0, 0.1) is 0 Å². The zero-order valence-corrected chi connectivity index (χ0v) is 12.8. The number of methoxy groups -OCH3 is 1. The third-order valence-corrected chi connectivity index (χ3v) is 3.94. The molecule has 0 aromatic carbocycles. The van der Waals surface area contributed by atoms with Crippen LogP contribution >= 0.6 is 11.8 Å². The first-order chi connectivity index (χ1) is 9.51. The predicted octanol–water partition coefficient (Wildman–Crippen LogP) is 0.533. The first kappa shape index (κ1) is 16.6. The minimum Gasteiger partial charge on any atom is -0.468 e. The average Bonchev–Trinajstić information content (AvgIpc) is 2.93. The zero-order chi connectivity index (χ0) is 15.1. The molecule has 0 saturated carbocycles. The van der Waals surface area contributed by atoms with E-state index in [1.165, 1.54) is 18.9 Å². The van der Waals surface area contributed by atoms with Gasteiger partial charge >= 0.3 is 5.97 Å². The van der Waals surface area contributed by atoms with Gasteiger partial charge in [-0.3, -0.25) is 14.4 Å². The molecule has 0 radical (unpaired) electrons. The van der Waals surface area contributed by atoms with Crippen molar-refractivity contribution in [2.75, 3.05) is 25.3 Å². The van der Waals surface area contributed by atoms with Crippen LogP contribution in [0.2, 0.25) is 0 Å². The van der Waals surface area contributed by atoms with Crippen molar-refractivity contribution < 1.29 is 19.1 Å². The lowest BCUT2D eigenvalue weighted by Gasteiger charge is -2.23. The Hall–Kier alpha value is -1.50. The molecule has 1 aliphatic heterocycles. The number of carbonyl (C=O) groups is 3. The van der Waals surface area contributed by atoms with Crippen molar-refractivity contribution in [3.63, 3.8) is 0 Å². The Kier molecular flexibility index (Phi) is 6.57. The summed E-state index contributed by atoms with van der Waals surface area (Å²) < 4.78 is 4.46. The van der Waals surface area contributed by atoms with Gasteiger partial charge in [0.25, 0.3) is 5.91 Å². The third kappa shape index (κ3) is 4.26. The van der Waals surface area contributed by atoms with Crippen LogP contribution in [-0.4, -0.2) is 54.0 Å². The minimum absolute atomic E-state index is 0.130. The Balaban J connectivity index is 2.65. The fourth-order valence-corrected chi connectivity index (χ4v) is 2.98. The predicted molar refractivity (Wildman–Crippen MR) is 77.0 cm³/mol. The molecule has 1 atom stereocenters. The van der Waals surface area contributed by atoms with Crippen LogP contribution < -0.4 is 5.32 Å². The minimum atomic E-state index is -0.530. The number of carbonyl (C=O) groups excluding carboxylic acids is 3. The van der Waals surface area contributed by atoms with Gasteiger partial charge in [0, 0.05) is 11.3 Å². The van der Waals surface area contributed by atoms with Crippen LogP contribution in [0.15, 0.2) is 11.6 Å². The van der Waals surface area contributed by atoms with Gasteiger partial charge in [-0.25, -0.2) is 0 Å². The van der Waals surface area contributed by atoms with E-state index in [2.05, 4.69) is 10.1 Å². The molecule has 0 bridgehead atoms. The fraction of sp³-hybridized carbons (Fsp3) is 0.615. The normalized spacial score (nSPS) is 18.9. The zero-order valence-electron chi connectivity index (χ0n) is 12.0. The van der Waals surface area contributed by atoms with Crippen LogP contribution in [-0.2, 0) is 19.1 Å². The number of hydrogen-bond acceptors (Lipinski definition) is 5.